The van der Waals surface area contributed by atoms with E-state index in [-0.39, 0.29) is 17.6 Å². The normalized spacial score (nSPS) is 13.9. The highest BCUT2D eigenvalue weighted by Crippen LogP contribution is 2.30. The highest BCUT2D eigenvalue weighted by molar-refractivity contribution is 7.90. The van der Waals surface area contributed by atoms with Crippen molar-refractivity contribution in [3.8, 4) is 0 Å². The molecule has 1 heterocycles. The summed E-state index contributed by atoms with van der Waals surface area (Å²) in [6, 6.07) is 6.08. The number of hydrogen-bond acceptors (Lipinski definition) is 4. The Hall–Kier alpha value is -0.980. The predicted octanol–water partition coefficient (Wildman–Crippen LogP) is 2.47. The number of nitrogens with two attached hydrogens (primary N) is 1. The molecule has 0 bridgehead atoms. The fraction of sp³-hybridized carbons (Fsp3) is 0.333. The van der Waals surface area contributed by atoms with Gasteiger partial charge in [0, 0.05) is 21.9 Å². The summed E-state index contributed by atoms with van der Waals surface area (Å²) in [6.45, 7) is 0. The molecule has 3 nitrogen and oxygen atoms in total. The number of halogens is 1. The Balaban J connectivity index is 2.20. The van der Waals surface area contributed by atoms with Crippen molar-refractivity contribution >= 4 is 31.3 Å². The van der Waals surface area contributed by atoms with Crippen molar-refractivity contribution in [2.24, 2.45) is 5.73 Å². The zero-order valence-electron chi connectivity index (χ0n) is 9.89. The molecule has 0 aliphatic carbocycles. The molecule has 98 valence electrons. The van der Waals surface area contributed by atoms with Crippen LogP contribution in [0.5, 0.6) is 0 Å². The van der Waals surface area contributed by atoms with E-state index in [2.05, 4.69) is 0 Å². The predicted molar refractivity (Wildman–Crippen MR) is 73.0 cm³/mol. The van der Waals surface area contributed by atoms with E-state index in [4.69, 9.17) is 5.73 Å². The van der Waals surface area contributed by atoms with Crippen LogP contribution in [0.3, 0.4) is 0 Å². The van der Waals surface area contributed by atoms with Crippen molar-refractivity contribution in [1.82, 2.24) is 0 Å². The van der Waals surface area contributed by atoms with Gasteiger partial charge in [0.05, 0.1) is 5.75 Å². The smallest absolute Gasteiger partial charge is 0.147 e. The number of sulfone groups is 1. The lowest BCUT2D eigenvalue weighted by Crippen LogP contribution is -2.14. The third kappa shape index (κ3) is 3.28. The van der Waals surface area contributed by atoms with Crippen LogP contribution in [0.25, 0.3) is 10.1 Å². The molecule has 0 aliphatic heterocycles. The average molecular weight is 287 g/mol. The van der Waals surface area contributed by atoms with Gasteiger partial charge in [0.2, 0.25) is 0 Å². The van der Waals surface area contributed by atoms with Crippen LogP contribution in [-0.2, 0) is 9.84 Å². The Kier molecular flexibility index (Phi) is 3.70. The molecule has 0 radical (unpaired) electrons. The van der Waals surface area contributed by atoms with Crippen molar-refractivity contribution in [2.45, 2.75) is 12.5 Å². The molecule has 0 aliphatic rings. The van der Waals surface area contributed by atoms with Crippen LogP contribution < -0.4 is 5.73 Å². The van der Waals surface area contributed by atoms with Crippen LogP contribution in [0.15, 0.2) is 24.3 Å². The average Bonchev–Trinajstić information content (AvgIpc) is 2.67. The van der Waals surface area contributed by atoms with Crippen molar-refractivity contribution in [1.29, 1.82) is 0 Å². The van der Waals surface area contributed by atoms with Gasteiger partial charge in [0.1, 0.15) is 15.7 Å². The van der Waals surface area contributed by atoms with Crippen LogP contribution in [0.4, 0.5) is 4.39 Å². The first-order valence-electron chi connectivity index (χ1n) is 5.47. The number of fused-ring (bicyclic) bond motifs is 1. The minimum Gasteiger partial charge on any atom is -0.323 e. The molecule has 1 aromatic carbocycles. The fourth-order valence-corrected chi connectivity index (χ4v) is 3.46. The molecule has 1 unspecified atom stereocenters. The van der Waals surface area contributed by atoms with Gasteiger partial charge in [-0.1, -0.05) is 0 Å². The first-order valence-corrected chi connectivity index (χ1v) is 8.35. The van der Waals surface area contributed by atoms with Crippen molar-refractivity contribution in [2.75, 3.05) is 12.0 Å². The molecule has 0 spiro atoms. The Morgan fingerprint density at radius 1 is 1.39 bits per heavy atom. The maximum atomic E-state index is 13.0. The van der Waals surface area contributed by atoms with Crippen molar-refractivity contribution < 1.29 is 12.8 Å². The van der Waals surface area contributed by atoms with Crippen LogP contribution >= 0.6 is 11.3 Å². The fourth-order valence-electron chi connectivity index (χ4n) is 1.70. The molecule has 1 atom stereocenters. The third-order valence-electron chi connectivity index (χ3n) is 2.66. The van der Waals surface area contributed by atoms with Gasteiger partial charge >= 0.3 is 0 Å². The summed E-state index contributed by atoms with van der Waals surface area (Å²) in [5.74, 6) is -0.215. The maximum absolute atomic E-state index is 13.0. The summed E-state index contributed by atoms with van der Waals surface area (Å²) >= 11 is 1.48. The molecule has 18 heavy (non-hydrogen) atoms. The maximum Gasteiger partial charge on any atom is 0.147 e. The van der Waals surface area contributed by atoms with Crippen LogP contribution in [0.1, 0.15) is 17.3 Å². The molecule has 0 fully saturated rings. The standard InChI is InChI=1S/C12H14FNO2S2/c1-18(15,16)5-4-10(14)12-7-8-6-9(13)2-3-11(8)17-12/h2-3,6-7,10H,4-5,14H2,1H3. The Labute approximate surface area is 109 Å². The Morgan fingerprint density at radius 3 is 2.78 bits per heavy atom. The largest absolute Gasteiger partial charge is 0.323 e. The van der Waals surface area contributed by atoms with E-state index in [0.29, 0.717) is 6.42 Å². The van der Waals surface area contributed by atoms with Gasteiger partial charge in [0.25, 0.3) is 0 Å². The highest BCUT2D eigenvalue weighted by Gasteiger charge is 2.13. The van der Waals surface area contributed by atoms with Crippen LogP contribution in [-0.4, -0.2) is 20.4 Å². The van der Waals surface area contributed by atoms with E-state index < -0.39 is 9.84 Å². The lowest BCUT2D eigenvalue weighted by atomic mass is 10.2. The molecule has 1 aromatic heterocycles. The first-order chi connectivity index (χ1) is 8.35. The third-order valence-corrected chi connectivity index (χ3v) is 4.89. The Bertz CT molecular complexity index is 664. The summed E-state index contributed by atoms with van der Waals surface area (Å²) in [5, 5.41) is 0.810. The van der Waals surface area contributed by atoms with Gasteiger partial charge in [-0.15, -0.1) is 11.3 Å². The second-order valence-electron chi connectivity index (χ2n) is 4.36. The van der Waals surface area contributed by atoms with Crippen molar-refractivity contribution in [3.05, 3.63) is 35.0 Å². The lowest BCUT2D eigenvalue weighted by molar-refractivity contribution is 0.592. The second-order valence-corrected chi connectivity index (χ2v) is 7.73. The SMILES string of the molecule is CS(=O)(=O)CCC(N)c1cc2cc(F)ccc2s1. The molecule has 2 aromatic rings. The Morgan fingerprint density at radius 2 is 2.11 bits per heavy atom. The van der Waals surface area contributed by atoms with Gasteiger partial charge in [-0.25, -0.2) is 12.8 Å². The summed E-state index contributed by atoms with van der Waals surface area (Å²) in [4.78, 5) is 0.888. The van der Waals surface area contributed by atoms with E-state index in [0.717, 1.165) is 15.0 Å². The zero-order valence-corrected chi connectivity index (χ0v) is 11.5. The molecule has 0 amide bonds. The minimum atomic E-state index is -3.00. The van der Waals surface area contributed by atoms with Gasteiger partial charge in [-0.2, -0.15) is 0 Å². The number of hydrogen-bond donors (Lipinski definition) is 1. The van der Waals surface area contributed by atoms with E-state index in [9.17, 15) is 12.8 Å². The number of rotatable bonds is 4. The molecular formula is C12H14FNO2S2. The van der Waals surface area contributed by atoms with Gasteiger partial charge in [-0.05, 0) is 36.1 Å². The first kappa shape index (κ1) is 13.5. The molecule has 6 heteroatoms. The number of benzene rings is 1. The lowest BCUT2D eigenvalue weighted by Gasteiger charge is -2.07. The number of thiophene rings is 1. The second kappa shape index (κ2) is 4.95. The van der Waals surface area contributed by atoms with Gasteiger partial charge in [0.15, 0.2) is 0 Å². The van der Waals surface area contributed by atoms with E-state index in [1.807, 2.05) is 6.07 Å². The molecule has 2 N–H and O–H groups in total. The summed E-state index contributed by atoms with van der Waals surface area (Å²) in [7, 11) is -3.00. The molecule has 0 saturated carbocycles. The summed E-state index contributed by atoms with van der Waals surface area (Å²) in [6.07, 6.45) is 1.58. The quantitative estimate of drug-likeness (QED) is 0.939. The van der Waals surface area contributed by atoms with Gasteiger partial charge in [-0.3, -0.25) is 0 Å². The summed E-state index contributed by atoms with van der Waals surface area (Å²) in [5.41, 5.74) is 5.96. The topological polar surface area (TPSA) is 60.2 Å². The monoisotopic (exact) mass is 287 g/mol. The van der Waals surface area contributed by atoms with E-state index in [1.165, 1.54) is 29.7 Å². The van der Waals surface area contributed by atoms with Crippen LogP contribution in [0, 0.1) is 5.82 Å². The highest BCUT2D eigenvalue weighted by atomic mass is 32.2. The van der Waals surface area contributed by atoms with Gasteiger partial charge < -0.3 is 5.73 Å². The van der Waals surface area contributed by atoms with E-state index in [1.54, 1.807) is 6.07 Å². The minimum absolute atomic E-state index is 0.0662. The molecule has 0 saturated heterocycles. The summed E-state index contributed by atoms with van der Waals surface area (Å²) < 4.78 is 36.2. The van der Waals surface area contributed by atoms with Crippen LogP contribution in [0.2, 0.25) is 0 Å². The molecule has 2 rings (SSSR count). The molecular weight excluding hydrogens is 273 g/mol. The van der Waals surface area contributed by atoms with Crippen molar-refractivity contribution in [3.63, 3.8) is 0 Å². The van der Waals surface area contributed by atoms with E-state index >= 15 is 0 Å². The zero-order chi connectivity index (χ0) is 13.3.